The monoisotopic (exact) mass is 218 g/mol. The van der Waals surface area contributed by atoms with Crippen molar-refractivity contribution >= 4 is 0 Å². The summed E-state index contributed by atoms with van der Waals surface area (Å²) in [5.74, 6) is 0.938. The minimum Gasteiger partial charge on any atom is -0.306 e. The summed E-state index contributed by atoms with van der Waals surface area (Å²) in [6.07, 6.45) is 7.26. The Hall–Kier alpha value is -0.890. The summed E-state index contributed by atoms with van der Waals surface area (Å²) in [7, 11) is 0. The van der Waals surface area contributed by atoms with Crippen LogP contribution in [0, 0.1) is 5.92 Å². The summed E-state index contributed by atoms with van der Waals surface area (Å²) in [6, 6.07) is 7.20. The zero-order chi connectivity index (χ0) is 11.4. The largest absolute Gasteiger partial charge is 0.306 e. The highest BCUT2D eigenvalue weighted by molar-refractivity contribution is 5.08. The minimum atomic E-state index is 0.377. The van der Waals surface area contributed by atoms with Gasteiger partial charge in [0.15, 0.2) is 0 Å². The Morgan fingerprint density at radius 3 is 2.94 bits per heavy atom. The number of nitrogens with zero attached hydrogens (tertiary/aromatic N) is 1. The van der Waals surface area contributed by atoms with Gasteiger partial charge >= 0.3 is 0 Å². The number of hydrogen-bond acceptors (Lipinski definition) is 2. The molecule has 1 N–H and O–H groups in total. The fourth-order valence-electron chi connectivity index (χ4n) is 2.67. The van der Waals surface area contributed by atoms with Crippen LogP contribution >= 0.6 is 0 Å². The quantitative estimate of drug-likeness (QED) is 0.838. The third kappa shape index (κ3) is 2.82. The van der Waals surface area contributed by atoms with E-state index in [1.807, 2.05) is 12.3 Å². The fourth-order valence-corrected chi connectivity index (χ4v) is 2.67. The molecule has 0 radical (unpaired) electrons. The van der Waals surface area contributed by atoms with Gasteiger partial charge in [0, 0.05) is 18.3 Å². The van der Waals surface area contributed by atoms with Crippen LogP contribution in [0.1, 0.15) is 51.3 Å². The molecule has 1 fully saturated rings. The Balaban J connectivity index is 1.86. The van der Waals surface area contributed by atoms with Crippen LogP contribution in [0.25, 0.3) is 0 Å². The molecule has 0 aliphatic heterocycles. The Labute approximate surface area is 98.5 Å². The van der Waals surface area contributed by atoms with Crippen LogP contribution < -0.4 is 5.32 Å². The van der Waals surface area contributed by atoms with Crippen molar-refractivity contribution in [2.75, 3.05) is 0 Å². The third-order valence-electron chi connectivity index (χ3n) is 3.74. The van der Waals surface area contributed by atoms with Crippen molar-refractivity contribution in [1.82, 2.24) is 10.3 Å². The number of pyridine rings is 1. The topological polar surface area (TPSA) is 24.9 Å². The highest BCUT2D eigenvalue weighted by atomic mass is 15.0. The summed E-state index contributed by atoms with van der Waals surface area (Å²) in [5, 5.41) is 3.70. The lowest BCUT2D eigenvalue weighted by Crippen LogP contribution is -2.29. The third-order valence-corrected chi connectivity index (χ3v) is 3.74. The van der Waals surface area contributed by atoms with Crippen molar-refractivity contribution in [3.8, 4) is 0 Å². The molecule has 0 spiro atoms. The lowest BCUT2D eigenvalue weighted by atomic mass is 10.1. The van der Waals surface area contributed by atoms with E-state index in [1.54, 1.807) is 0 Å². The van der Waals surface area contributed by atoms with E-state index in [0.29, 0.717) is 12.1 Å². The first kappa shape index (κ1) is 11.6. The van der Waals surface area contributed by atoms with Gasteiger partial charge in [-0.25, -0.2) is 0 Å². The van der Waals surface area contributed by atoms with Gasteiger partial charge in [-0.1, -0.05) is 19.4 Å². The second-order valence-electron chi connectivity index (χ2n) is 4.93. The lowest BCUT2D eigenvalue weighted by molar-refractivity contribution is 0.433. The van der Waals surface area contributed by atoms with Crippen LogP contribution in [0.4, 0.5) is 0 Å². The molecule has 2 unspecified atom stereocenters. The molecule has 1 aromatic heterocycles. The second-order valence-corrected chi connectivity index (χ2v) is 4.93. The molecule has 2 heteroatoms. The SMILES string of the molecule is CCC1CCC(N[C@@H](C)c2ccccn2)C1. The van der Waals surface area contributed by atoms with Gasteiger partial charge in [-0.2, -0.15) is 0 Å². The normalized spacial score (nSPS) is 26.9. The highest BCUT2D eigenvalue weighted by Crippen LogP contribution is 2.29. The summed E-state index contributed by atoms with van der Waals surface area (Å²) >= 11 is 0. The molecule has 3 atom stereocenters. The minimum absolute atomic E-state index is 0.377. The van der Waals surface area contributed by atoms with E-state index in [2.05, 4.69) is 36.3 Å². The molecular formula is C14H22N2. The summed E-state index contributed by atoms with van der Waals surface area (Å²) in [6.45, 7) is 4.51. The molecular weight excluding hydrogens is 196 g/mol. The van der Waals surface area contributed by atoms with Crippen LogP contribution in [-0.4, -0.2) is 11.0 Å². The molecule has 1 heterocycles. The lowest BCUT2D eigenvalue weighted by Gasteiger charge is -2.19. The highest BCUT2D eigenvalue weighted by Gasteiger charge is 2.24. The first-order chi connectivity index (χ1) is 7.79. The Kier molecular flexibility index (Phi) is 3.94. The van der Waals surface area contributed by atoms with E-state index in [4.69, 9.17) is 0 Å². The molecule has 0 bridgehead atoms. The smallest absolute Gasteiger partial charge is 0.0570 e. The van der Waals surface area contributed by atoms with Crippen LogP contribution in [0.3, 0.4) is 0 Å². The zero-order valence-corrected chi connectivity index (χ0v) is 10.3. The van der Waals surface area contributed by atoms with Crippen LogP contribution in [0.5, 0.6) is 0 Å². The molecule has 2 rings (SSSR count). The number of nitrogens with one attached hydrogen (secondary N) is 1. The van der Waals surface area contributed by atoms with Gasteiger partial charge < -0.3 is 5.32 Å². The van der Waals surface area contributed by atoms with E-state index in [-0.39, 0.29) is 0 Å². The van der Waals surface area contributed by atoms with Crippen molar-refractivity contribution in [3.63, 3.8) is 0 Å². The van der Waals surface area contributed by atoms with Crippen molar-refractivity contribution in [3.05, 3.63) is 30.1 Å². The van der Waals surface area contributed by atoms with Gasteiger partial charge in [0.1, 0.15) is 0 Å². The molecule has 1 aliphatic carbocycles. The van der Waals surface area contributed by atoms with Crippen LogP contribution in [-0.2, 0) is 0 Å². The van der Waals surface area contributed by atoms with Gasteiger partial charge in [0.2, 0.25) is 0 Å². The first-order valence-corrected chi connectivity index (χ1v) is 6.46. The second kappa shape index (κ2) is 5.44. The van der Waals surface area contributed by atoms with E-state index in [9.17, 15) is 0 Å². The number of aromatic nitrogens is 1. The summed E-state index contributed by atoms with van der Waals surface area (Å²) < 4.78 is 0. The molecule has 2 nitrogen and oxygen atoms in total. The average Bonchev–Trinajstić information content (AvgIpc) is 2.78. The fraction of sp³-hybridized carbons (Fsp3) is 0.643. The molecule has 1 aliphatic rings. The van der Waals surface area contributed by atoms with Gasteiger partial charge in [-0.05, 0) is 44.2 Å². The van der Waals surface area contributed by atoms with E-state index < -0.39 is 0 Å². The van der Waals surface area contributed by atoms with E-state index in [1.165, 1.54) is 25.7 Å². The predicted octanol–water partition coefficient (Wildman–Crippen LogP) is 3.31. The summed E-state index contributed by atoms with van der Waals surface area (Å²) in [5.41, 5.74) is 1.16. The van der Waals surface area contributed by atoms with E-state index >= 15 is 0 Å². The molecule has 88 valence electrons. The van der Waals surface area contributed by atoms with Crippen LogP contribution in [0.2, 0.25) is 0 Å². The average molecular weight is 218 g/mol. The summed E-state index contributed by atoms with van der Waals surface area (Å²) in [4.78, 5) is 4.40. The van der Waals surface area contributed by atoms with Crippen LogP contribution in [0.15, 0.2) is 24.4 Å². The van der Waals surface area contributed by atoms with Crippen molar-refractivity contribution in [1.29, 1.82) is 0 Å². The standard InChI is InChI=1S/C14H22N2/c1-3-12-7-8-13(10-12)16-11(2)14-6-4-5-9-15-14/h4-6,9,11-13,16H,3,7-8,10H2,1-2H3/t11-,12?,13?/m0/s1. The van der Waals surface area contributed by atoms with Gasteiger partial charge in [0.05, 0.1) is 5.69 Å². The molecule has 16 heavy (non-hydrogen) atoms. The number of hydrogen-bond donors (Lipinski definition) is 1. The van der Waals surface area contributed by atoms with Crippen molar-refractivity contribution in [2.24, 2.45) is 5.92 Å². The van der Waals surface area contributed by atoms with E-state index in [0.717, 1.165) is 11.6 Å². The maximum atomic E-state index is 4.40. The predicted molar refractivity (Wildman–Crippen MR) is 67.2 cm³/mol. The Morgan fingerprint density at radius 1 is 1.44 bits per heavy atom. The van der Waals surface area contributed by atoms with Gasteiger partial charge in [-0.3, -0.25) is 4.98 Å². The number of rotatable bonds is 4. The van der Waals surface area contributed by atoms with Crippen molar-refractivity contribution < 1.29 is 0 Å². The first-order valence-electron chi connectivity index (χ1n) is 6.46. The molecule has 1 saturated carbocycles. The Bertz CT molecular complexity index is 310. The maximum Gasteiger partial charge on any atom is 0.0570 e. The van der Waals surface area contributed by atoms with Gasteiger partial charge in [-0.15, -0.1) is 0 Å². The zero-order valence-electron chi connectivity index (χ0n) is 10.3. The Morgan fingerprint density at radius 2 is 2.31 bits per heavy atom. The molecule has 0 aromatic carbocycles. The molecule has 0 amide bonds. The molecule has 1 aromatic rings. The van der Waals surface area contributed by atoms with Crippen molar-refractivity contribution in [2.45, 2.75) is 51.6 Å². The maximum absolute atomic E-state index is 4.40. The van der Waals surface area contributed by atoms with Gasteiger partial charge in [0.25, 0.3) is 0 Å². The molecule has 0 saturated heterocycles.